The summed E-state index contributed by atoms with van der Waals surface area (Å²) < 4.78 is 0. The molecule has 0 atom stereocenters. The molecule has 0 saturated heterocycles. The van der Waals surface area contributed by atoms with Crippen LogP contribution in [-0.2, 0) is 9.59 Å². The summed E-state index contributed by atoms with van der Waals surface area (Å²) in [5.41, 5.74) is 0.0798. The molecule has 2 rings (SSSR count). The molecular formula is C20H20N2O7. The molecule has 152 valence electrons. The van der Waals surface area contributed by atoms with Crippen LogP contribution < -0.4 is 10.6 Å². The Kier molecular flexibility index (Phi) is 7.77. The van der Waals surface area contributed by atoms with Gasteiger partial charge in [-0.1, -0.05) is 7.43 Å². The van der Waals surface area contributed by atoms with E-state index >= 15 is 0 Å². The topological polar surface area (TPSA) is 150 Å². The van der Waals surface area contributed by atoms with Gasteiger partial charge in [0.25, 0.3) is 0 Å². The third kappa shape index (κ3) is 6.58. The number of hydrogen-bond donors (Lipinski definition) is 4. The summed E-state index contributed by atoms with van der Waals surface area (Å²) in [6, 6.07) is 9.09. The van der Waals surface area contributed by atoms with Crippen LogP contribution in [-0.4, -0.2) is 39.7 Å². The van der Waals surface area contributed by atoms with Crippen LogP contribution in [0.4, 0.5) is 11.4 Å². The molecule has 0 saturated carbocycles. The Labute approximate surface area is 166 Å². The normalized spacial score (nSPS) is 9.69. The second-order valence-corrected chi connectivity index (χ2v) is 5.82. The van der Waals surface area contributed by atoms with Crippen molar-refractivity contribution in [2.24, 2.45) is 0 Å². The van der Waals surface area contributed by atoms with Gasteiger partial charge in [0, 0.05) is 23.9 Å². The lowest BCUT2D eigenvalue weighted by molar-refractivity contribution is -0.115. The first kappa shape index (κ1) is 23.0. The van der Waals surface area contributed by atoms with E-state index in [1.807, 2.05) is 0 Å². The number of aromatic carboxylic acids is 2. The Hall–Kier alpha value is -4.01. The lowest BCUT2D eigenvalue weighted by Gasteiger charge is -2.08. The first-order valence-electron chi connectivity index (χ1n) is 7.98. The second-order valence-electron chi connectivity index (χ2n) is 5.82. The van der Waals surface area contributed by atoms with Gasteiger partial charge in [-0.15, -0.1) is 0 Å². The molecule has 0 heterocycles. The lowest BCUT2D eigenvalue weighted by atomic mass is 10.1. The summed E-state index contributed by atoms with van der Waals surface area (Å²) >= 11 is 0. The third-order valence-corrected chi connectivity index (χ3v) is 3.56. The van der Waals surface area contributed by atoms with Gasteiger partial charge in [0.05, 0.1) is 17.5 Å². The highest BCUT2D eigenvalue weighted by atomic mass is 16.4. The molecule has 9 nitrogen and oxygen atoms in total. The molecule has 9 heteroatoms. The van der Waals surface area contributed by atoms with E-state index in [-0.39, 0.29) is 35.7 Å². The van der Waals surface area contributed by atoms with E-state index in [1.165, 1.54) is 31.2 Å². The Morgan fingerprint density at radius 2 is 1.28 bits per heavy atom. The molecule has 2 amide bonds. The molecular weight excluding hydrogens is 380 g/mol. The van der Waals surface area contributed by atoms with Crippen molar-refractivity contribution in [1.29, 1.82) is 0 Å². The van der Waals surface area contributed by atoms with Crippen molar-refractivity contribution >= 4 is 40.9 Å². The molecule has 0 fully saturated rings. The molecule has 2 aromatic carbocycles. The summed E-state index contributed by atoms with van der Waals surface area (Å²) in [6.45, 7) is 1.35. The van der Waals surface area contributed by atoms with Crippen molar-refractivity contribution in [3.05, 3.63) is 59.2 Å². The number of carboxylic acid groups (broad SMARTS) is 2. The fourth-order valence-corrected chi connectivity index (χ4v) is 2.34. The van der Waals surface area contributed by atoms with Crippen molar-refractivity contribution in [3.63, 3.8) is 0 Å². The number of carbonyl (C=O) groups is 5. The van der Waals surface area contributed by atoms with Crippen molar-refractivity contribution in [1.82, 2.24) is 0 Å². The summed E-state index contributed by atoms with van der Waals surface area (Å²) in [6.07, 6.45) is -0.529. The van der Waals surface area contributed by atoms with Gasteiger partial charge in [-0.25, -0.2) is 9.59 Å². The summed E-state index contributed by atoms with van der Waals surface area (Å²) in [5, 5.41) is 22.9. The Morgan fingerprint density at radius 3 is 1.72 bits per heavy atom. The maximum atomic E-state index is 12.2. The van der Waals surface area contributed by atoms with Crippen LogP contribution in [0.15, 0.2) is 42.5 Å². The molecule has 0 aliphatic carbocycles. The van der Waals surface area contributed by atoms with Crippen LogP contribution in [0, 0.1) is 0 Å². The first-order chi connectivity index (χ1) is 13.2. The minimum atomic E-state index is -1.35. The van der Waals surface area contributed by atoms with Crippen molar-refractivity contribution in [3.8, 4) is 0 Å². The van der Waals surface area contributed by atoms with Crippen molar-refractivity contribution in [2.45, 2.75) is 20.8 Å². The van der Waals surface area contributed by atoms with E-state index in [9.17, 15) is 24.0 Å². The van der Waals surface area contributed by atoms with Crippen LogP contribution >= 0.6 is 0 Å². The Morgan fingerprint density at radius 1 is 0.759 bits per heavy atom. The van der Waals surface area contributed by atoms with E-state index in [1.54, 1.807) is 0 Å². The van der Waals surface area contributed by atoms with Gasteiger partial charge in [-0.2, -0.15) is 0 Å². The summed E-state index contributed by atoms with van der Waals surface area (Å²) in [7, 11) is 0. The van der Waals surface area contributed by atoms with Gasteiger partial charge in [-0.3, -0.25) is 14.4 Å². The molecule has 0 bridgehead atoms. The molecule has 0 aliphatic rings. The number of rotatable bonds is 7. The fourth-order valence-electron chi connectivity index (χ4n) is 2.34. The monoisotopic (exact) mass is 400 g/mol. The van der Waals surface area contributed by atoms with Gasteiger partial charge in [0.15, 0.2) is 5.78 Å². The van der Waals surface area contributed by atoms with Gasteiger partial charge < -0.3 is 20.8 Å². The molecule has 4 N–H and O–H groups in total. The molecule has 0 aromatic heterocycles. The van der Waals surface area contributed by atoms with Crippen molar-refractivity contribution in [2.75, 3.05) is 10.6 Å². The number of ketones is 1. The molecule has 2 aromatic rings. The maximum absolute atomic E-state index is 12.2. The van der Waals surface area contributed by atoms with Crippen molar-refractivity contribution < 1.29 is 34.2 Å². The molecule has 0 radical (unpaired) electrons. The third-order valence-electron chi connectivity index (χ3n) is 3.56. The highest BCUT2D eigenvalue weighted by Crippen LogP contribution is 2.17. The molecule has 29 heavy (non-hydrogen) atoms. The maximum Gasteiger partial charge on any atom is 0.335 e. The largest absolute Gasteiger partial charge is 0.478 e. The van der Waals surface area contributed by atoms with Crippen LogP contribution in [0.5, 0.6) is 0 Å². The molecule has 0 spiro atoms. The zero-order chi connectivity index (χ0) is 20.8. The average Bonchev–Trinajstić information content (AvgIpc) is 2.61. The Bertz CT molecular complexity index is 933. The number of carbonyl (C=O) groups excluding carboxylic acids is 3. The minimum absolute atomic E-state index is 0. The fraction of sp³-hybridized carbons (Fsp3) is 0.150. The van der Waals surface area contributed by atoms with E-state index < -0.39 is 30.0 Å². The van der Waals surface area contributed by atoms with E-state index in [0.717, 1.165) is 18.2 Å². The standard InChI is InChI=1S/C19H16N2O7.CH4/c1-10(22)20-14-4-2-11(3-5-14)16(23)9-17(24)21-15-7-12(18(25)26)6-13(8-15)19(27)28;/h2-8H,9H2,1H3,(H,20,22)(H,21,24)(H,25,26)(H,27,28);1H4. The molecule has 0 aliphatic heterocycles. The van der Waals surface area contributed by atoms with Gasteiger partial charge in [-0.05, 0) is 42.5 Å². The Balaban J connectivity index is 0.00000420. The number of benzene rings is 2. The van der Waals surface area contributed by atoms with Gasteiger partial charge in [0.2, 0.25) is 11.8 Å². The average molecular weight is 400 g/mol. The van der Waals surface area contributed by atoms with Crippen LogP contribution in [0.3, 0.4) is 0 Å². The second kappa shape index (κ2) is 9.79. The van der Waals surface area contributed by atoms with Crippen LogP contribution in [0.25, 0.3) is 0 Å². The minimum Gasteiger partial charge on any atom is -0.478 e. The highest BCUT2D eigenvalue weighted by Gasteiger charge is 2.15. The molecule has 0 unspecified atom stereocenters. The SMILES string of the molecule is C.CC(=O)Nc1ccc(C(=O)CC(=O)Nc2cc(C(=O)O)cc(C(=O)O)c2)cc1. The predicted molar refractivity (Wildman–Crippen MR) is 105 cm³/mol. The van der Waals surface area contributed by atoms with E-state index in [0.29, 0.717) is 5.69 Å². The van der Waals surface area contributed by atoms with E-state index in [2.05, 4.69) is 10.6 Å². The van der Waals surface area contributed by atoms with Gasteiger partial charge >= 0.3 is 11.9 Å². The smallest absolute Gasteiger partial charge is 0.335 e. The zero-order valence-electron chi connectivity index (χ0n) is 14.7. The summed E-state index contributed by atoms with van der Waals surface area (Å²) in [4.78, 5) is 57.4. The lowest BCUT2D eigenvalue weighted by Crippen LogP contribution is -2.17. The first-order valence-corrected chi connectivity index (χ1v) is 7.98. The quantitative estimate of drug-likeness (QED) is 0.412. The number of amides is 2. The summed E-state index contributed by atoms with van der Waals surface area (Å²) in [5.74, 6) is -4.19. The van der Waals surface area contributed by atoms with Crippen LogP contribution in [0.1, 0.15) is 51.8 Å². The predicted octanol–water partition coefficient (Wildman–Crippen LogP) is 2.89. The highest BCUT2D eigenvalue weighted by molar-refractivity contribution is 6.11. The van der Waals surface area contributed by atoms with Gasteiger partial charge in [0.1, 0.15) is 0 Å². The number of anilines is 2. The number of carboxylic acids is 2. The number of hydrogen-bond acceptors (Lipinski definition) is 5. The number of Topliss-reactive ketones (excluding diaryl/α,β-unsaturated/α-hetero) is 1. The zero-order valence-corrected chi connectivity index (χ0v) is 14.7. The van der Waals surface area contributed by atoms with E-state index in [4.69, 9.17) is 10.2 Å². The number of nitrogens with one attached hydrogen (secondary N) is 2. The van der Waals surface area contributed by atoms with Crippen LogP contribution in [0.2, 0.25) is 0 Å².